The highest BCUT2D eigenvalue weighted by Gasteiger charge is 2.20. The third-order valence-electron chi connectivity index (χ3n) is 2.52. The van der Waals surface area contributed by atoms with Crippen LogP contribution in [-0.4, -0.2) is 34.4 Å². The highest BCUT2D eigenvalue weighted by molar-refractivity contribution is 7.93. The number of nitrogens with two attached hydrogens (primary N) is 1. The lowest BCUT2D eigenvalue weighted by Crippen LogP contribution is -2.31. The van der Waals surface area contributed by atoms with E-state index in [4.69, 9.17) is 15.2 Å². The van der Waals surface area contributed by atoms with Crippen molar-refractivity contribution in [1.29, 1.82) is 0 Å². The molecule has 0 amide bonds. The molecule has 0 heterocycles. The molecule has 0 aliphatic rings. The number of rotatable bonds is 6. The number of methoxy groups -OCH3 is 2. The maximum absolute atomic E-state index is 11.9. The van der Waals surface area contributed by atoms with Gasteiger partial charge in [0.05, 0.1) is 25.2 Å². The summed E-state index contributed by atoms with van der Waals surface area (Å²) in [6.07, 6.45) is 0. The molecule has 0 radical (unpaired) electrons. The summed E-state index contributed by atoms with van der Waals surface area (Å²) in [5.41, 5.74) is 5.72. The Morgan fingerprint density at radius 2 is 2.00 bits per heavy atom. The van der Waals surface area contributed by atoms with Crippen LogP contribution in [0.25, 0.3) is 0 Å². The molecule has 0 fully saturated rings. The zero-order valence-corrected chi connectivity index (χ0v) is 11.5. The predicted octanol–water partition coefficient (Wildman–Crippen LogP) is 0.793. The van der Waals surface area contributed by atoms with Crippen molar-refractivity contribution in [1.82, 2.24) is 0 Å². The van der Waals surface area contributed by atoms with Gasteiger partial charge in [0.1, 0.15) is 11.5 Å². The Labute approximate surface area is 107 Å². The van der Waals surface area contributed by atoms with Crippen molar-refractivity contribution < 1.29 is 17.9 Å². The molecular formula is C11H18N2O4S. The fraction of sp³-hybridized carbons (Fsp3) is 0.455. The average Bonchev–Trinajstić information content (AvgIpc) is 2.37. The van der Waals surface area contributed by atoms with E-state index in [0.29, 0.717) is 17.2 Å². The fourth-order valence-electron chi connectivity index (χ4n) is 1.26. The lowest BCUT2D eigenvalue weighted by atomic mass is 10.3. The zero-order chi connectivity index (χ0) is 13.8. The highest BCUT2D eigenvalue weighted by Crippen LogP contribution is 2.30. The van der Waals surface area contributed by atoms with Crippen LogP contribution < -0.4 is 19.9 Å². The van der Waals surface area contributed by atoms with Crippen molar-refractivity contribution >= 4 is 15.7 Å². The first kappa shape index (κ1) is 14.6. The molecule has 7 heteroatoms. The Hall–Kier alpha value is -1.47. The number of anilines is 1. The summed E-state index contributed by atoms with van der Waals surface area (Å²) in [7, 11) is -0.531. The summed E-state index contributed by atoms with van der Waals surface area (Å²) in [5, 5.41) is -0.677. The summed E-state index contributed by atoms with van der Waals surface area (Å²) in [4.78, 5) is 0. The van der Waals surface area contributed by atoms with Gasteiger partial charge in [-0.15, -0.1) is 0 Å². The topological polar surface area (TPSA) is 90.7 Å². The first-order valence-corrected chi connectivity index (χ1v) is 6.93. The SMILES string of the molecule is COc1ccc(NS(=O)(=O)C(C)CN)c(OC)c1. The van der Waals surface area contributed by atoms with Gasteiger partial charge in [0.15, 0.2) is 0 Å². The van der Waals surface area contributed by atoms with E-state index in [1.165, 1.54) is 14.2 Å². The second kappa shape index (κ2) is 5.92. The number of ether oxygens (including phenoxy) is 2. The number of sulfonamides is 1. The monoisotopic (exact) mass is 274 g/mol. The Morgan fingerprint density at radius 3 is 2.50 bits per heavy atom. The van der Waals surface area contributed by atoms with Crippen molar-refractivity contribution in [2.24, 2.45) is 5.73 Å². The first-order chi connectivity index (χ1) is 8.44. The van der Waals surface area contributed by atoms with Gasteiger partial charge in [-0.1, -0.05) is 0 Å². The van der Waals surface area contributed by atoms with E-state index in [9.17, 15) is 8.42 Å². The molecule has 0 spiro atoms. The Balaban J connectivity index is 3.04. The van der Waals surface area contributed by atoms with Gasteiger partial charge in [-0.2, -0.15) is 0 Å². The van der Waals surface area contributed by atoms with E-state index < -0.39 is 15.3 Å². The minimum atomic E-state index is -3.51. The minimum Gasteiger partial charge on any atom is -0.497 e. The molecule has 1 aromatic rings. The molecule has 6 nitrogen and oxygen atoms in total. The van der Waals surface area contributed by atoms with Gasteiger partial charge in [0.25, 0.3) is 0 Å². The second-order valence-electron chi connectivity index (χ2n) is 3.76. The molecule has 1 atom stereocenters. The molecule has 18 heavy (non-hydrogen) atoms. The summed E-state index contributed by atoms with van der Waals surface area (Å²) in [6, 6.07) is 4.83. The van der Waals surface area contributed by atoms with Crippen molar-refractivity contribution in [3.8, 4) is 11.5 Å². The predicted molar refractivity (Wildman–Crippen MR) is 70.6 cm³/mol. The van der Waals surface area contributed by atoms with E-state index in [1.807, 2.05) is 0 Å². The third-order valence-corrected chi connectivity index (χ3v) is 4.28. The van der Waals surface area contributed by atoms with Crippen LogP contribution in [0, 0.1) is 0 Å². The van der Waals surface area contributed by atoms with Crippen LogP contribution in [0.4, 0.5) is 5.69 Å². The van der Waals surface area contributed by atoms with Crippen LogP contribution in [0.5, 0.6) is 11.5 Å². The van der Waals surface area contributed by atoms with Crippen molar-refractivity contribution in [3.63, 3.8) is 0 Å². The van der Waals surface area contributed by atoms with Gasteiger partial charge in [-0.3, -0.25) is 4.72 Å². The normalized spacial score (nSPS) is 12.9. The standard InChI is InChI=1S/C11H18N2O4S/c1-8(7-12)18(14,15)13-10-5-4-9(16-2)6-11(10)17-3/h4-6,8,13H,7,12H2,1-3H3. The summed E-state index contributed by atoms with van der Waals surface area (Å²) in [5.74, 6) is 0.976. The van der Waals surface area contributed by atoms with E-state index in [0.717, 1.165) is 0 Å². The van der Waals surface area contributed by atoms with Gasteiger partial charge in [-0.05, 0) is 19.1 Å². The summed E-state index contributed by atoms with van der Waals surface area (Å²) in [6.45, 7) is 1.59. The number of hydrogen-bond donors (Lipinski definition) is 2. The molecule has 1 unspecified atom stereocenters. The van der Waals surface area contributed by atoms with Gasteiger partial charge >= 0.3 is 0 Å². The molecule has 0 saturated carbocycles. The molecule has 0 saturated heterocycles. The molecule has 0 bridgehead atoms. The largest absolute Gasteiger partial charge is 0.497 e. The Kier molecular flexibility index (Phi) is 4.80. The molecule has 0 aliphatic carbocycles. The summed E-state index contributed by atoms with van der Waals surface area (Å²) >= 11 is 0. The van der Waals surface area contributed by atoms with E-state index in [-0.39, 0.29) is 6.54 Å². The molecule has 3 N–H and O–H groups in total. The lowest BCUT2D eigenvalue weighted by Gasteiger charge is -2.15. The van der Waals surface area contributed by atoms with E-state index >= 15 is 0 Å². The maximum Gasteiger partial charge on any atom is 0.236 e. The quantitative estimate of drug-likeness (QED) is 0.800. The van der Waals surface area contributed by atoms with Crippen LogP contribution in [0.1, 0.15) is 6.92 Å². The van der Waals surface area contributed by atoms with Crippen LogP contribution in [0.2, 0.25) is 0 Å². The van der Waals surface area contributed by atoms with Crippen molar-refractivity contribution in [3.05, 3.63) is 18.2 Å². The molecular weight excluding hydrogens is 256 g/mol. The highest BCUT2D eigenvalue weighted by atomic mass is 32.2. The summed E-state index contributed by atoms with van der Waals surface area (Å²) < 4.78 is 36.3. The van der Waals surface area contributed by atoms with Gasteiger partial charge < -0.3 is 15.2 Å². The first-order valence-electron chi connectivity index (χ1n) is 5.38. The van der Waals surface area contributed by atoms with Gasteiger partial charge in [-0.25, -0.2) is 8.42 Å². The molecule has 0 aromatic heterocycles. The third kappa shape index (κ3) is 3.27. The maximum atomic E-state index is 11.9. The number of nitrogens with one attached hydrogen (secondary N) is 1. The number of benzene rings is 1. The average molecular weight is 274 g/mol. The smallest absolute Gasteiger partial charge is 0.236 e. The van der Waals surface area contributed by atoms with Gasteiger partial charge in [0.2, 0.25) is 10.0 Å². The molecule has 0 aliphatic heterocycles. The Bertz CT molecular complexity index is 502. The molecule has 1 aromatic carbocycles. The van der Waals surface area contributed by atoms with Crippen molar-refractivity contribution in [2.45, 2.75) is 12.2 Å². The lowest BCUT2D eigenvalue weighted by molar-refractivity contribution is 0.395. The zero-order valence-electron chi connectivity index (χ0n) is 10.6. The second-order valence-corrected chi connectivity index (χ2v) is 5.86. The van der Waals surface area contributed by atoms with Crippen LogP contribution in [0.3, 0.4) is 0 Å². The van der Waals surface area contributed by atoms with Crippen LogP contribution >= 0.6 is 0 Å². The fourth-order valence-corrected chi connectivity index (χ4v) is 2.19. The van der Waals surface area contributed by atoms with E-state index in [1.54, 1.807) is 25.1 Å². The molecule has 102 valence electrons. The van der Waals surface area contributed by atoms with Crippen LogP contribution in [-0.2, 0) is 10.0 Å². The Morgan fingerprint density at radius 1 is 1.33 bits per heavy atom. The van der Waals surface area contributed by atoms with Crippen LogP contribution in [0.15, 0.2) is 18.2 Å². The number of hydrogen-bond acceptors (Lipinski definition) is 5. The minimum absolute atomic E-state index is 0.0494. The van der Waals surface area contributed by atoms with Gasteiger partial charge in [0, 0.05) is 12.6 Å². The molecule has 1 rings (SSSR count). The van der Waals surface area contributed by atoms with E-state index in [2.05, 4.69) is 4.72 Å². The van der Waals surface area contributed by atoms with Crippen molar-refractivity contribution in [2.75, 3.05) is 25.5 Å².